The van der Waals surface area contributed by atoms with Gasteiger partial charge in [0.15, 0.2) is 0 Å². The van der Waals surface area contributed by atoms with E-state index in [1.807, 2.05) is 30.1 Å². The molecule has 0 amide bonds. The molecule has 0 aromatic rings. The molecule has 0 aromatic heterocycles. The Labute approximate surface area is 101 Å². The van der Waals surface area contributed by atoms with Crippen LogP contribution in [0.1, 0.15) is 6.92 Å². The van der Waals surface area contributed by atoms with Gasteiger partial charge in [0, 0.05) is 0 Å². The van der Waals surface area contributed by atoms with E-state index in [0.29, 0.717) is 0 Å². The van der Waals surface area contributed by atoms with E-state index in [1.165, 1.54) is 6.92 Å². The molecule has 0 bridgehead atoms. The van der Waals surface area contributed by atoms with E-state index in [4.69, 9.17) is 9.53 Å². The fourth-order valence-corrected chi connectivity index (χ4v) is 2.76. The van der Waals surface area contributed by atoms with Gasteiger partial charge in [-0.3, -0.25) is 4.79 Å². The van der Waals surface area contributed by atoms with Crippen molar-refractivity contribution in [2.75, 3.05) is 0 Å². The summed E-state index contributed by atoms with van der Waals surface area (Å²) in [5, 5.41) is 8.90. The summed E-state index contributed by atoms with van der Waals surface area (Å²) >= 11 is 0. The van der Waals surface area contributed by atoms with Crippen molar-refractivity contribution in [3.05, 3.63) is 23.6 Å². The third-order valence-electron chi connectivity index (χ3n) is 1.63. The van der Waals surface area contributed by atoms with Crippen molar-refractivity contribution in [1.82, 2.24) is 0 Å². The molecule has 1 aliphatic heterocycles. The number of allylic oxidation sites excluding steroid dienone is 2. The van der Waals surface area contributed by atoms with E-state index >= 15 is 0 Å². The topological polar surface area (TPSA) is 46.5 Å². The van der Waals surface area contributed by atoms with Gasteiger partial charge in [-0.15, -0.1) is 0 Å². The van der Waals surface area contributed by atoms with E-state index < -0.39 is 20.4 Å². The first kappa shape index (κ1) is 13.1. The van der Waals surface area contributed by atoms with Crippen LogP contribution in [0.4, 0.5) is 0 Å². The summed E-state index contributed by atoms with van der Waals surface area (Å²) in [7, 11) is -2.08. The Kier molecular flexibility index (Phi) is 5.17. The SMILES string of the molecule is CC(O)C(=O)O[Si]1(C)C=CC=C1.[NaH]. The van der Waals surface area contributed by atoms with Crippen LogP contribution in [0, 0.1) is 0 Å². The quantitative estimate of drug-likeness (QED) is 0.652. The molecule has 0 aromatic carbocycles. The van der Waals surface area contributed by atoms with Crippen molar-refractivity contribution in [3.63, 3.8) is 0 Å². The summed E-state index contributed by atoms with van der Waals surface area (Å²) in [6.45, 7) is 3.30. The van der Waals surface area contributed by atoms with Crippen LogP contribution in [0.2, 0.25) is 6.55 Å². The third-order valence-corrected chi connectivity index (χ3v) is 3.98. The predicted octanol–water partition coefficient (Wildman–Crippen LogP) is 0.0416. The van der Waals surface area contributed by atoms with E-state index in [2.05, 4.69) is 0 Å². The van der Waals surface area contributed by atoms with Crippen molar-refractivity contribution in [2.45, 2.75) is 19.6 Å². The Hall–Kier alpha value is 0.127. The Balaban J connectivity index is 0.00000144. The third kappa shape index (κ3) is 3.78. The first-order valence-electron chi connectivity index (χ1n) is 3.81. The summed E-state index contributed by atoms with van der Waals surface area (Å²) in [4.78, 5) is 11.0. The number of aliphatic hydroxyl groups excluding tert-OH is 1. The molecule has 0 saturated heterocycles. The zero-order valence-corrected chi connectivity index (χ0v) is 8.15. The first-order valence-corrected chi connectivity index (χ1v) is 6.38. The molecular formula is C8H13NaO3Si. The fourth-order valence-electron chi connectivity index (χ4n) is 0.919. The van der Waals surface area contributed by atoms with Crippen molar-refractivity contribution in [3.8, 4) is 0 Å². The first-order chi connectivity index (χ1) is 5.53. The zero-order chi connectivity index (χ0) is 9.19. The van der Waals surface area contributed by atoms with Gasteiger partial charge in [-0.2, -0.15) is 0 Å². The average Bonchev–Trinajstić information content (AvgIpc) is 2.35. The summed E-state index contributed by atoms with van der Waals surface area (Å²) < 4.78 is 5.14. The molecule has 13 heavy (non-hydrogen) atoms. The van der Waals surface area contributed by atoms with E-state index in [9.17, 15) is 4.79 Å². The molecule has 1 heterocycles. The van der Waals surface area contributed by atoms with Crippen LogP contribution in [0.3, 0.4) is 0 Å². The van der Waals surface area contributed by atoms with Crippen molar-refractivity contribution in [2.24, 2.45) is 0 Å². The van der Waals surface area contributed by atoms with Gasteiger partial charge in [0.2, 0.25) is 0 Å². The Morgan fingerprint density at radius 2 is 1.92 bits per heavy atom. The van der Waals surface area contributed by atoms with Gasteiger partial charge in [-0.1, -0.05) is 23.6 Å². The van der Waals surface area contributed by atoms with E-state index in [1.54, 1.807) is 0 Å². The Morgan fingerprint density at radius 1 is 1.46 bits per heavy atom. The van der Waals surface area contributed by atoms with E-state index in [0.717, 1.165) is 0 Å². The molecular weight excluding hydrogens is 195 g/mol. The van der Waals surface area contributed by atoms with Gasteiger partial charge in [-0.25, -0.2) is 0 Å². The molecule has 0 radical (unpaired) electrons. The maximum atomic E-state index is 11.0. The van der Waals surface area contributed by atoms with Gasteiger partial charge in [0.1, 0.15) is 6.10 Å². The van der Waals surface area contributed by atoms with Gasteiger partial charge in [0.25, 0.3) is 0 Å². The average molecular weight is 208 g/mol. The second kappa shape index (κ2) is 5.12. The van der Waals surface area contributed by atoms with Crippen molar-refractivity contribution in [1.29, 1.82) is 0 Å². The van der Waals surface area contributed by atoms with Crippen LogP contribution in [0.15, 0.2) is 23.6 Å². The second-order valence-corrected chi connectivity index (χ2v) is 6.24. The summed E-state index contributed by atoms with van der Waals surface area (Å²) in [5.41, 5.74) is 3.79. The summed E-state index contributed by atoms with van der Waals surface area (Å²) in [5.74, 6) is -0.541. The molecule has 1 aliphatic rings. The number of hydrogen-bond acceptors (Lipinski definition) is 3. The monoisotopic (exact) mass is 208 g/mol. The number of hydrogen-bond donors (Lipinski definition) is 1. The van der Waals surface area contributed by atoms with Crippen molar-refractivity contribution >= 4 is 43.8 Å². The van der Waals surface area contributed by atoms with Crippen molar-refractivity contribution < 1.29 is 14.3 Å². The molecule has 1 atom stereocenters. The molecule has 1 unspecified atom stereocenters. The molecule has 1 rings (SSSR count). The van der Waals surface area contributed by atoms with Crippen LogP contribution >= 0.6 is 0 Å². The molecule has 1 N–H and O–H groups in total. The number of rotatable bonds is 2. The molecule has 0 saturated carbocycles. The number of carbonyl (C=O) groups is 1. The number of aliphatic hydroxyl groups is 1. The standard InChI is InChI=1S/C8H12O3Si.Na.H/c1-7(9)8(10)11-12(2)5-3-4-6-12;;/h3-7,9H,1-2H3;;. The molecule has 68 valence electrons. The van der Waals surface area contributed by atoms with Crippen LogP contribution in [0.25, 0.3) is 0 Å². The van der Waals surface area contributed by atoms with Gasteiger partial charge < -0.3 is 9.53 Å². The van der Waals surface area contributed by atoms with Gasteiger partial charge >= 0.3 is 43.8 Å². The van der Waals surface area contributed by atoms with Crippen LogP contribution in [-0.4, -0.2) is 55.1 Å². The van der Waals surface area contributed by atoms with E-state index in [-0.39, 0.29) is 29.6 Å². The van der Waals surface area contributed by atoms with Gasteiger partial charge in [0.05, 0.1) is 0 Å². The molecule has 0 spiro atoms. The minimum atomic E-state index is -2.08. The maximum absolute atomic E-state index is 11.0. The second-order valence-electron chi connectivity index (χ2n) is 3.00. The molecule has 5 heteroatoms. The van der Waals surface area contributed by atoms with Crippen LogP contribution in [0.5, 0.6) is 0 Å². The van der Waals surface area contributed by atoms with Crippen LogP contribution < -0.4 is 0 Å². The normalized spacial score (nSPS) is 19.3. The summed E-state index contributed by atoms with van der Waals surface area (Å²) in [6.07, 6.45) is 2.69. The zero-order valence-electron chi connectivity index (χ0n) is 7.15. The van der Waals surface area contributed by atoms with Crippen LogP contribution in [-0.2, 0) is 9.22 Å². The predicted molar refractivity (Wildman–Crippen MR) is 54.8 cm³/mol. The fraction of sp³-hybridized carbons (Fsp3) is 0.375. The Morgan fingerprint density at radius 3 is 2.31 bits per heavy atom. The minimum absolute atomic E-state index is 0. The Bertz CT molecular complexity index is 236. The molecule has 3 nitrogen and oxygen atoms in total. The molecule has 0 fully saturated rings. The molecule has 0 aliphatic carbocycles. The van der Waals surface area contributed by atoms with Gasteiger partial charge in [-0.05, 0) is 13.5 Å². The summed E-state index contributed by atoms with van der Waals surface area (Å²) in [6, 6.07) is 0. The number of carbonyl (C=O) groups excluding carboxylic acids is 1.